The summed E-state index contributed by atoms with van der Waals surface area (Å²) in [5.74, 6) is -1.49. The normalized spacial score (nSPS) is 11.2. The SMILES string of the molecule is COC(=O)c1cc(C(C)C)sc1NC(=O)/C(C#N)=C/c1cc(Cl)ccc1OCc1c(F)cccc1Cl. The Labute approximate surface area is 221 Å². The molecule has 0 radical (unpaired) electrons. The number of amides is 1. The number of nitrogens with one attached hydrogen (secondary N) is 1. The van der Waals surface area contributed by atoms with Gasteiger partial charge < -0.3 is 14.8 Å². The van der Waals surface area contributed by atoms with Gasteiger partial charge in [-0.3, -0.25) is 4.79 Å². The molecule has 0 bridgehead atoms. The van der Waals surface area contributed by atoms with Crippen molar-refractivity contribution in [3.05, 3.63) is 85.5 Å². The zero-order chi connectivity index (χ0) is 26.4. The Kier molecular flexibility index (Phi) is 9.10. The van der Waals surface area contributed by atoms with E-state index in [0.717, 1.165) is 4.88 Å². The van der Waals surface area contributed by atoms with Crippen LogP contribution in [0.2, 0.25) is 10.0 Å². The second-order valence-electron chi connectivity index (χ2n) is 7.83. The summed E-state index contributed by atoms with van der Waals surface area (Å²) in [6, 6.07) is 12.4. The number of carbonyl (C=O) groups is 2. The Balaban J connectivity index is 1.91. The number of methoxy groups -OCH3 is 1. The molecule has 0 aliphatic rings. The van der Waals surface area contributed by atoms with E-state index in [0.29, 0.717) is 10.6 Å². The quantitative estimate of drug-likeness (QED) is 0.183. The number of benzene rings is 2. The van der Waals surface area contributed by atoms with Gasteiger partial charge in [0, 0.05) is 21.0 Å². The predicted octanol–water partition coefficient (Wildman–Crippen LogP) is 7.23. The van der Waals surface area contributed by atoms with Gasteiger partial charge in [0.1, 0.15) is 34.8 Å². The van der Waals surface area contributed by atoms with E-state index >= 15 is 0 Å². The minimum Gasteiger partial charge on any atom is -0.488 e. The molecule has 1 aromatic heterocycles. The molecule has 10 heteroatoms. The zero-order valence-electron chi connectivity index (χ0n) is 19.5. The zero-order valence-corrected chi connectivity index (χ0v) is 21.9. The smallest absolute Gasteiger partial charge is 0.340 e. The monoisotopic (exact) mass is 546 g/mol. The second-order valence-corrected chi connectivity index (χ2v) is 9.76. The Bertz CT molecular complexity index is 1360. The molecule has 2 aromatic carbocycles. The Hall–Kier alpha value is -3.38. The van der Waals surface area contributed by atoms with Crippen molar-refractivity contribution in [1.82, 2.24) is 0 Å². The van der Waals surface area contributed by atoms with Gasteiger partial charge in [-0.2, -0.15) is 5.26 Å². The third kappa shape index (κ3) is 6.43. The number of ether oxygens (including phenoxy) is 2. The van der Waals surface area contributed by atoms with Crippen molar-refractivity contribution in [1.29, 1.82) is 5.26 Å². The van der Waals surface area contributed by atoms with E-state index in [-0.39, 0.29) is 45.0 Å². The topological polar surface area (TPSA) is 88.4 Å². The van der Waals surface area contributed by atoms with Crippen molar-refractivity contribution in [3.63, 3.8) is 0 Å². The highest BCUT2D eigenvalue weighted by molar-refractivity contribution is 7.16. The molecule has 6 nitrogen and oxygen atoms in total. The van der Waals surface area contributed by atoms with Gasteiger partial charge in [0.2, 0.25) is 0 Å². The lowest BCUT2D eigenvalue weighted by molar-refractivity contribution is -0.112. The molecule has 186 valence electrons. The second kappa shape index (κ2) is 12.0. The van der Waals surface area contributed by atoms with E-state index in [1.165, 1.54) is 42.7 Å². The van der Waals surface area contributed by atoms with Crippen molar-refractivity contribution >= 4 is 57.5 Å². The third-order valence-electron chi connectivity index (χ3n) is 5.02. The molecule has 0 aliphatic heterocycles. The maximum atomic E-state index is 14.1. The number of nitrogens with zero attached hydrogens (tertiary/aromatic N) is 1. The first-order valence-electron chi connectivity index (χ1n) is 10.6. The van der Waals surface area contributed by atoms with Crippen LogP contribution in [0.4, 0.5) is 9.39 Å². The number of hydrogen-bond donors (Lipinski definition) is 1. The van der Waals surface area contributed by atoms with Crippen molar-refractivity contribution in [3.8, 4) is 11.8 Å². The number of rotatable bonds is 8. The van der Waals surface area contributed by atoms with Gasteiger partial charge in [-0.1, -0.05) is 43.1 Å². The highest BCUT2D eigenvalue weighted by atomic mass is 35.5. The van der Waals surface area contributed by atoms with Crippen LogP contribution in [0.15, 0.2) is 48.0 Å². The van der Waals surface area contributed by atoms with Gasteiger partial charge >= 0.3 is 5.97 Å². The van der Waals surface area contributed by atoms with Crippen molar-refractivity contribution in [2.75, 3.05) is 12.4 Å². The van der Waals surface area contributed by atoms with E-state index in [1.54, 1.807) is 24.3 Å². The molecule has 1 N–H and O–H groups in total. The van der Waals surface area contributed by atoms with Gasteiger partial charge in [0.25, 0.3) is 5.91 Å². The van der Waals surface area contributed by atoms with Gasteiger partial charge in [0.15, 0.2) is 0 Å². The fraction of sp³-hybridized carbons (Fsp3) is 0.192. The minimum absolute atomic E-state index is 0.115. The van der Waals surface area contributed by atoms with Gasteiger partial charge in [0.05, 0.1) is 17.7 Å². The maximum Gasteiger partial charge on any atom is 0.340 e. The van der Waals surface area contributed by atoms with Crippen LogP contribution in [0.5, 0.6) is 5.75 Å². The summed E-state index contributed by atoms with van der Waals surface area (Å²) in [7, 11) is 1.25. The van der Waals surface area contributed by atoms with Crippen LogP contribution in [0.3, 0.4) is 0 Å². The first-order chi connectivity index (χ1) is 17.1. The molecule has 36 heavy (non-hydrogen) atoms. The van der Waals surface area contributed by atoms with Crippen LogP contribution in [-0.4, -0.2) is 19.0 Å². The molecule has 0 saturated heterocycles. The average Bonchev–Trinajstić information content (AvgIpc) is 3.26. The number of nitriles is 1. The Morgan fingerprint density at radius 1 is 1.22 bits per heavy atom. The highest BCUT2D eigenvalue weighted by Gasteiger charge is 2.21. The summed E-state index contributed by atoms with van der Waals surface area (Å²) in [6.45, 7) is 3.72. The molecule has 0 aliphatic carbocycles. The van der Waals surface area contributed by atoms with E-state index in [2.05, 4.69) is 5.32 Å². The number of carbonyl (C=O) groups excluding carboxylic acids is 2. The van der Waals surface area contributed by atoms with Crippen LogP contribution < -0.4 is 10.1 Å². The Morgan fingerprint density at radius 2 is 1.97 bits per heavy atom. The Morgan fingerprint density at radius 3 is 2.61 bits per heavy atom. The minimum atomic E-state index is -0.733. The molecule has 0 saturated carbocycles. The van der Waals surface area contributed by atoms with Crippen LogP contribution in [-0.2, 0) is 16.1 Å². The molecular weight excluding hydrogens is 526 g/mol. The van der Waals surface area contributed by atoms with Crippen molar-refractivity contribution < 1.29 is 23.5 Å². The number of anilines is 1. The van der Waals surface area contributed by atoms with Crippen molar-refractivity contribution in [2.24, 2.45) is 0 Å². The van der Waals surface area contributed by atoms with Crippen LogP contribution >= 0.6 is 34.5 Å². The fourth-order valence-corrected chi connectivity index (χ4v) is 4.55. The van der Waals surface area contributed by atoms with E-state index in [4.69, 9.17) is 32.7 Å². The number of esters is 1. The number of thiophene rings is 1. The van der Waals surface area contributed by atoms with Gasteiger partial charge in [-0.25, -0.2) is 9.18 Å². The van der Waals surface area contributed by atoms with Crippen LogP contribution in [0.1, 0.15) is 46.1 Å². The molecule has 3 aromatic rings. The summed E-state index contributed by atoms with van der Waals surface area (Å²) in [6.07, 6.45) is 1.30. The molecule has 0 atom stereocenters. The van der Waals surface area contributed by atoms with E-state index in [9.17, 15) is 19.2 Å². The molecule has 0 fully saturated rings. The van der Waals surface area contributed by atoms with Crippen molar-refractivity contribution in [2.45, 2.75) is 26.4 Å². The summed E-state index contributed by atoms with van der Waals surface area (Å²) in [4.78, 5) is 26.0. The highest BCUT2D eigenvalue weighted by Crippen LogP contribution is 2.34. The summed E-state index contributed by atoms with van der Waals surface area (Å²) in [5, 5.41) is 13.1. The van der Waals surface area contributed by atoms with E-state index < -0.39 is 17.7 Å². The largest absolute Gasteiger partial charge is 0.488 e. The van der Waals surface area contributed by atoms with Crippen LogP contribution in [0.25, 0.3) is 6.08 Å². The first kappa shape index (κ1) is 27.2. The number of halogens is 3. The lowest BCUT2D eigenvalue weighted by Gasteiger charge is -2.12. The predicted molar refractivity (Wildman–Crippen MR) is 139 cm³/mol. The molecule has 0 spiro atoms. The fourth-order valence-electron chi connectivity index (χ4n) is 3.11. The molecule has 0 unspecified atom stereocenters. The molecular formula is C26H21Cl2FN2O4S. The van der Waals surface area contributed by atoms with E-state index in [1.807, 2.05) is 19.9 Å². The summed E-state index contributed by atoms with van der Waals surface area (Å²) >= 11 is 13.4. The lowest BCUT2D eigenvalue weighted by Crippen LogP contribution is -2.15. The summed E-state index contributed by atoms with van der Waals surface area (Å²) < 4.78 is 24.7. The number of hydrogen-bond acceptors (Lipinski definition) is 6. The maximum absolute atomic E-state index is 14.1. The first-order valence-corrected chi connectivity index (χ1v) is 12.2. The van der Waals surface area contributed by atoms with Gasteiger partial charge in [-0.05, 0) is 48.4 Å². The lowest BCUT2D eigenvalue weighted by atomic mass is 10.1. The van der Waals surface area contributed by atoms with Gasteiger partial charge in [-0.15, -0.1) is 11.3 Å². The average molecular weight is 547 g/mol. The van der Waals surface area contributed by atoms with Crippen LogP contribution in [0, 0.1) is 17.1 Å². The summed E-state index contributed by atoms with van der Waals surface area (Å²) in [5.41, 5.74) is 0.423. The molecule has 1 amide bonds. The third-order valence-corrected chi connectivity index (χ3v) is 6.96. The molecule has 1 heterocycles. The molecule has 3 rings (SSSR count). The standard InChI is InChI=1S/C26H21Cl2FN2O4S/c1-14(2)23-11-18(26(33)34-3)25(36-23)31-24(32)16(12-30)9-15-10-17(27)7-8-22(15)35-13-19-20(28)5-4-6-21(19)29/h4-11,14H,13H2,1-3H3,(H,31,32)/b16-9+.